The van der Waals surface area contributed by atoms with Crippen LogP contribution in [0.5, 0.6) is 0 Å². The molecule has 0 spiro atoms. The van der Waals surface area contributed by atoms with Crippen LogP contribution in [0, 0.1) is 11.3 Å². The number of hydrogen-bond acceptors (Lipinski definition) is 4. The van der Waals surface area contributed by atoms with Crippen LogP contribution >= 0.6 is 15.9 Å². The van der Waals surface area contributed by atoms with Crippen LogP contribution in [-0.4, -0.2) is 36.3 Å². The summed E-state index contributed by atoms with van der Waals surface area (Å²) in [5, 5.41) is 9.08. The topological polar surface area (TPSA) is 62.6 Å². The van der Waals surface area contributed by atoms with Crippen molar-refractivity contribution >= 4 is 22.0 Å². The van der Waals surface area contributed by atoms with E-state index in [1.807, 2.05) is 56.0 Å². The van der Waals surface area contributed by atoms with Gasteiger partial charge in [-0.05, 0) is 86.2 Å². The molecule has 4 rings (SSSR count). The third-order valence-corrected chi connectivity index (χ3v) is 7.17. The molecule has 37 heavy (non-hydrogen) atoms. The van der Waals surface area contributed by atoms with Crippen molar-refractivity contribution in [2.24, 2.45) is 0 Å². The standard InChI is InChI=1S/C31H33BrN2O3/c1-30(2,3)37-29(35)34-15-13-31(14-16-34,27-7-5-4-6-8-27)22-36-21-24-17-26(19-28(32)18-24)25-11-9-23(20-33)10-12-25/h4-12,17-19H,13-16,21-22H2,1-3H3. The average Bonchev–Trinajstić information content (AvgIpc) is 2.88. The molecule has 0 aromatic heterocycles. The van der Waals surface area contributed by atoms with Gasteiger partial charge in [0.25, 0.3) is 0 Å². The summed E-state index contributed by atoms with van der Waals surface area (Å²) in [4.78, 5) is 14.4. The van der Waals surface area contributed by atoms with Crippen LogP contribution in [0.25, 0.3) is 11.1 Å². The number of ether oxygens (including phenoxy) is 2. The number of nitrogens with zero attached hydrogens (tertiary/aromatic N) is 2. The summed E-state index contributed by atoms with van der Waals surface area (Å²) >= 11 is 3.64. The lowest BCUT2D eigenvalue weighted by atomic mass is 9.73. The Kier molecular flexibility index (Phi) is 8.36. The van der Waals surface area contributed by atoms with Crippen LogP contribution in [0.2, 0.25) is 0 Å². The molecule has 3 aromatic rings. The Morgan fingerprint density at radius 2 is 1.68 bits per heavy atom. The molecule has 5 nitrogen and oxygen atoms in total. The molecule has 6 heteroatoms. The summed E-state index contributed by atoms with van der Waals surface area (Å²) in [6.45, 7) is 7.99. The Morgan fingerprint density at radius 1 is 1.00 bits per heavy atom. The van der Waals surface area contributed by atoms with Crippen LogP contribution < -0.4 is 0 Å². The molecule has 0 atom stereocenters. The van der Waals surface area contributed by atoms with E-state index in [2.05, 4.69) is 64.5 Å². The first-order valence-corrected chi connectivity index (χ1v) is 13.4. The van der Waals surface area contributed by atoms with Gasteiger partial charge in [0.1, 0.15) is 5.60 Å². The number of carbonyl (C=O) groups excluding carboxylic acids is 1. The second kappa shape index (κ2) is 11.5. The van der Waals surface area contributed by atoms with E-state index >= 15 is 0 Å². The first-order valence-electron chi connectivity index (χ1n) is 12.6. The highest BCUT2D eigenvalue weighted by molar-refractivity contribution is 9.10. The quantitative estimate of drug-likeness (QED) is 0.313. The van der Waals surface area contributed by atoms with Gasteiger partial charge in [-0.1, -0.05) is 58.4 Å². The number of amides is 1. The lowest BCUT2D eigenvalue weighted by Crippen LogP contribution is -2.48. The Labute approximate surface area is 228 Å². The second-order valence-electron chi connectivity index (χ2n) is 10.6. The molecular weight excluding hydrogens is 528 g/mol. The highest BCUT2D eigenvalue weighted by atomic mass is 79.9. The largest absolute Gasteiger partial charge is 0.444 e. The Morgan fingerprint density at radius 3 is 2.30 bits per heavy atom. The Bertz CT molecular complexity index is 1250. The van der Waals surface area contributed by atoms with Crippen molar-refractivity contribution in [1.82, 2.24) is 4.90 Å². The van der Waals surface area contributed by atoms with E-state index in [4.69, 9.17) is 14.7 Å². The van der Waals surface area contributed by atoms with Gasteiger partial charge in [0, 0.05) is 23.0 Å². The normalized spacial score (nSPS) is 15.2. The molecule has 1 saturated heterocycles. The smallest absolute Gasteiger partial charge is 0.410 e. The predicted octanol–water partition coefficient (Wildman–Crippen LogP) is 7.47. The number of halogens is 1. The fourth-order valence-electron chi connectivity index (χ4n) is 4.75. The highest BCUT2D eigenvalue weighted by Crippen LogP contribution is 2.37. The van der Waals surface area contributed by atoms with Crippen molar-refractivity contribution < 1.29 is 14.3 Å². The van der Waals surface area contributed by atoms with E-state index in [-0.39, 0.29) is 11.5 Å². The van der Waals surface area contributed by atoms with E-state index in [9.17, 15) is 4.79 Å². The molecule has 0 bridgehead atoms. The van der Waals surface area contributed by atoms with E-state index < -0.39 is 5.60 Å². The van der Waals surface area contributed by atoms with Gasteiger partial charge in [-0.15, -0.1) is 0 Å². The Hall–Kier alpha value is -3.14. The lowest BCUT2D eigenvalue weighted by molar-refractivity contribution is 0.00334. The highest BCUT2D eigenvalue weighted by Gasteiger charge is 2.38. The fourth-order valence-corrected chi connectivity index (χ4v) is 5.29. The van der Waals surface area contributed by atoms with Gasteiger partial charge >= 0.3 is 6.09 Å². The maximum atomic E-state index is 12.6. The number of nitriles is 1. The molecule has 1 aliphatic rings. The third kappa shape index (κ3) is 7.00. The zero-order valence-electron chi connectivity index (χ0n) is 21.7. The molecule has 3 aromatic carbocycles. The maximum Gasteiger partial charge on any atom is 0.410 e. The van der Waals surface area contributed by atoms with Crippen molar-refractivity contribution in [3.63, 3.8) is 0 Å². The Balaban J connectivity index is 1.46. The summed E-state index contributed by atoms with van der Waals surface area (Å²) in [5.41, 5.74) is 4.41. The predicted molar refractivity (Wildman–Crippen MR) is 149 cm³/mol. The average molecular weight is 562 g/mol. The minimum atomic E-state index is -0.505. The summed E-state index contributed by atoms with van der Waals surface area (Å²) < 4.78 is 13.0. The van der Waals surface area contributed by atoms with Crippen molar-refractivity contribution in [3.8, 4) is 17.2 Å². The fraction of sp³-hybridized carbons (Fsp3) is 0.355. The molecule has 0 unspecified atom stereocenters. The van der Waals surface area contributed by atoms with E-state index in [1.54, 1.807) is 0 Å². The molecule has 1 fully saturated rings. The van der Waals surface area contributed by atoms with Gasteiger partial charge in [-0.3, -0.25) is 0 Å². The van der Waals surface area contributed by atoms with Gasteiger partial charge in [0.2, 0.25) is 0 Å². The van der Waals surface area contributed by atoms with Gasteiger partial charge in [0.15, 0.2) is 0 Å². The third-order valence-electron chi connectivity index (χ3n) is 6.71. The monoisotopic (exact) mass is 560 g/mol. The van der Waals surface area contributed by atoms with Crippen molar-refractivity contribution in [3.05, 3.63) is 94.0 Å². The first-order chi connectivity index (χ1) is 17.7. The molecule has 192 valence electrons. The molecular formula is C31H33BrN2O3. The molecule has 0 radical (unpaired) electrons. The van der Waals surface area contributed by atoms with Crippen molar-refractivity contribution in [1.29, 1.82) is 5.26 Å². The minimum Gasteiger partial charge on any atom is -0.444 e. The van der Waals surface area contributed by atoms with E-state index in [1.165, 1.54) is 5.56 Å². The molecule has 0 saturated carbocycles. The summed E-state index contributed by atoms with van der Waals surface area (Å²) in [7, 11) is 0. The molecule has 1 heterocycles. The van der Waals surface area contributed by atoms with Crippen LogP contribution in [0.15, 0.2) is 77.3 Å². The maximum absolute atomic E-state index is 12.6. The zero-order valence-corrected chi connectivity index (χ0v) is 23.3. The molecule has 1 amide bonds. The van der Waals surface area contributed by atoms with Crippen LogP contribution in [0.3, 0.4) is 0 Å². The van der Waals surface area contributed by atoms with Gasteiger partial charge in [0.05, 0.1) is 24.8 Å². The number of rotatable bonds is 6. The number of benzene rings is 3. The minimum absolute atomic E-state index is 0.165. The van der Waals surface area contributed by atoms with Crippen LogP contribution in [0.4, 0.5) is 4.79 Å². The zero-order chi connectivity index (χ0) is 26.5. The molecule has 1 aliphatic heterocycles. The number of likely N-dealkylation sites (tertiary alicyclic amines) is 1. The number of hydrogen-bond donors (Lipinski definition) is 0. The lowest BCUT2D eigenvalue weighted by Gasteiger charge is -2.42. The summed E-state index contributed by atoms with van der Waals surface area (Å²) in [6, 6.07) is 26.5. The van der Waals surface area contributed by atoms with Gasteiger partial charge in [-0.25, -0.2) is 4.79 Å². The summed E-state index contributed by atoms with van der Waals surface area (Å²) in [5.74, 6) is 0. The van der Waals surface area contributed by atoms with Crippen molar-refractivity contribution in [2.75, 3.05) is 19.7 Å². The van der Waals surface area contributed by atoms with Crippen LogP contribution in [0.1, 0.15) is 50.3 Å². The van der Waals surface area contributed by atoms with Gasteiger partial charge < -0.3 is 14.4 Å². The molecule has 0 aliphatic carbocycles. The molecule has 0 N–H and O–H groups in total. The SMILES string of the molecule is CC(C)(C)OC(=O)N1CCC(COCc2cc(Br)cc(-c3ccc(C#N)cc3)c2)(c2ccccc2)CC1. The van der Waals surface area contributed by atoms with Crippen LogP contribution in [-0.2, 0) is 21.5 Å². The summed E-state index contributed by atoms with van der Waals surface area (Å²) in [6.07, 6.45) is 1.37. The van der Waals surface area contributed by atoms with Crippen molar-refractivity contribution in [2.45, 2.75) is 51.2 Å². The second-order valence-corrected chi connectivity index (χ2v) is 11.6. The van der Waals surface area contributed by atoms with Gasteiger partial charge in [-0.2, -0.15) is 5.26 Å². The number of carbonyl (C=O) groups is 1. The first kappa shape index (κ1) is 26.9. The number of piperidine rings is 1. The van der Waals surface area contributed by atoms with E-state index in [0.29, 0.717) is 31.9 Å². The van der Waals surface area contributed by atoms with E-state index in [0.717, 1.165) is 34.0 Å².